The molecule has 0 spiro atoms. The molecule has 0 saturated heterocycles. The second kappa shape index (κ2) is 38.1. The van der Waals surface area contributed by atoms with E-state index in [2.05, 4.69) is 5.43 Å². The van der Waals surface area contributed by atoms with Gasteiger partial charge in [-0.05, 0) is 0 Å². The van der Waals surface area contributed by atoms with E-state index < -0.39 is 66.8 Å². The fourth-order valence-corrected chi connectivity index (χ4v) is 1.09. The average Bonchev–Trinajstić information content (AvgIpc) is 2.65. The topological polar surface area (TPSA) is 352 Å². The Morgan fingerprint density at radius 1 is 0.632 bits per heavy atom. The Hall–Kier alpha value is -3.46. The first-order valence-corrected chi connectivity index (χ1v) is 9.76. The quantitative estimate of drug-likeness (QED) is 0.108. The highest BCUT2D eigenvalue weighted by molar-refractivity contribution is 5.64. The number of ether oxygens (including phenoxy) is 1. The fraction of sp³-hybridized carbons (Fsp3) is 0.684. The Morgan fingerprint density at radius 2 is 0.842 bits per heavy atom. The van der Waals surface area contributed by atoms with Gasteiger partial charge >= 0.3 is 0 Å². The molecule has 13 N–H and O–H groups in total. The number of carbonyl (C=O) groups is 6. The number of aliphatic carboxylic acids is 6. The van der Waals surface area contributed by atoms with Crippen LogP contribution in [0.2, 0.25) is 0 Å². The standard InChI is InChI=1S/C7H18N2O5.6C2H4O2/c1-14-7(4(11)2-9-8)6(13)5(12)3-10;6*1-2(3)4/h4-7,9-13H,2-3,8H2,1H3;6*1H3,(H,3,4)/t4-,5+,6+,7+;;;;;;/m0....../s1. The van der Waals surface area contributed by atoms with Crippen molar-refractivity contribution in [3.05, 3.63) is 0 Å². The van der Waals surface area contributed by atoms with Gasteiger partial charge in [-0.15, -0.1) is 0 Å². The Balaban J connectivity index is -0.0000000664. The van der Waals surface area contributed by atoms with E-state index in [1.165, 1.54) is 7.11 Å². The van der Waals surface area contributed by atoms with E-state index >= 15 is 0 Å². The lowest BCUT2D eigenvalue weighted by molar-refractivity contribution is -0.135. The molecule has 0 aliphatic rings. The van der Waals surface area contributed by atoms with Crippen molar-refractivity contribution in [2.45, 2.75) is 66.0 Å². The van der Waals surface area contributed by atoms with Gasteiger partial charge in [-0.1, -0.05) is 0 Å². The molecule has 0 unspecified atom stereocenters. The van der Waals surface area contributed by atoms with Crippen molar-refractivity contribution in [1.29, 1.82) is 0 Å². The van der Waals surface area contributed by atoms with Crippen molar-refractivity contribution in [2.24, 2.45) is 5.84 Å². The second-order valence-corrected chi connectivity index (χ2v) is 6.03. The number of hydrazine groups is 1. The lowest BCUT2D eigenvalue weighted by Crippen LogP contribution is -2.50. The highest BCUT2D eigenvalue weighted by Crippen LogP contribution is 2.08. The maximum atomic E-state index is 9.41. The van der Waals surface area contributed by atoms with Gasteiger partial charge in [0.2, 0.25) is 0 Å². The minimum absolute atomic E-state index is 0.00765. The molecule has 0 aliphatic carbocycles. The van der Waals surface area contributed by atoms with Gasteiger partial charge in [0.25, 0.3) is 35.8 Å². The van der Waals surface area contributed by atoms with Gasteiger partial charge in [0, 0.05) is 55.2 Å². The molecule has 0 fully saturated rings. The van der Waals surface area contributed by atoms with Crippen molar-refractivity contribution in [3.63, 3.8) is 0 Å². The zero-order chi connectivity index (χ0) is 32.6. The number of nitrogens with two attached hydrogens (primary N) is 1. The third kappa shape index (κ3) is 134. The van der Waals surface area contributed by atoms with E-state index in [0.717, 1.165) is 41.5 Å². The molecule has 0 amide bonds. The highest BCUT2D eigenvalue weighted by atomic mass is 16.5. The number of methoxy groups -OCH3 is 1. The third-order valence-corrected chi connectivity index (χ3v) is 1.90. The van der Waals surface area contributed by atoms with Gasteiger partial charge in [-0.2, -0.15) is 0 Å². The van der Waals surface area contributed by atoms with Crippen LogP contribution >= 0.6 is 0 Å². The van der Waals surface area contributed by atoms with E-state index in [4.69, 9.17) is 80.2 Å². The molecular weight excluding hydrogens is 528 g/mol. The number of hydrogen-bond acceptors (Lipinski definition) is 13. The molecule has 4 atom stereocenters. The molecular formula is C19H42N2O17. The predicted molar refractivity (Wildman–Crippen MR) is 128 cm³/mol. The van der Waals surface area contributed by atoms with Gasteiger partial charge in [-0.25, -0.2) is 0 Å². The van der Waals surface area contributed by atoms with Crippen LogP contribution in [0.25, 0.3) is 0 Å². The number of rotatable bonds is 7. The highest BCUT2D eigenvalue weighted by Gasteiger charge is 2.31. The molecule has 19 nitrogen and oxygen atoms in total. The molecule has 0 saturated carbocycles. The number of carboxylic acid groups (broad SMARTS) is 6. The van der Waals surface area contributed by atoms with E-state index in [0.29, 0.717) is 0 Å². The number of hydrogen-bond donors (Lipinski definition) is 12. The Bertz CT molecular complexity index is 499. The minimum atomic E-state index is -1.37. The number of nitrogens with one attached hydrogen (secondary N) is 1. The Labute approximate surface area is 218 Å². The van der Waals surface area contributed by atoms with Crippen LogP contribution in [0.5, 0.6) is 0 Å². The summed E-state index contributed by atoms with van der Waals surface area (Å²) >= 11 is 0. The summed E-state index contributed by atoms with van der Waals surface area (Å²) in [5.41, 5.74) is 2.21. The summed E-state index contributed by atoms with van der Waals surface area (Å²) in [5.74, 6) is -0.0284. The molecule has 230 valence electrons. The lowest BCUT2D eigenvalue weighted by Gasteiger charge is -2.28. The molecule has 0 aromatic carbocycles. The molecule has 0 aliphatic heterocycles. The smallest absolute Gasteiger partial charge is 0.300 e. The number of aliphatic hydroxyl groups is 4. The van der Waals surface area contributed by atoms with Gasteiger partial charge in [0.05, 0.1) is 12.7 Å². The fourth-order valence-electron chi connectivity index (χ4n) is 1.09. The summed E-state index contributed by atoms with van der Waals surface area (Å²) < 4.78 is 4.78. The number of aliphatic hydroxyl groups excluding tert-OH is 4. The van der Waals surface area contributed by atoms with E-state index in [1.54, 1.807) is 0 Å². The van der Waals surface area contributed by atoms with E-state index in [-0.39, 0.29) is 6.54 Å². The summed E-state index contributed by atoms with van der Waals surface area (Å²) in [5, 5.41) is 81.0. The molecule has 0 aromatic heterocycles. The molecule has 0 heterocycles. The summed E-state index contributed by atoms with van der Waals surface area (Å²) in [6.07, 6.45) is -4.80. The first-order valence-electron chi connectivity index (χ1n) is 9.76. The minimum Gasteiger partial charge on any atom is -0.481 e. The van der Waals surface area contributed by atoms with Gasteiger partial charge in [0.15, 0.2) is 0 Å². The molecule has 19 heteroatoms. The maximum Gasteiger partial charge on any atom is 0.300 e. The summed E-state index contributed by atoms with van der Waals surface area (Å²) in [6.45, 7) is 5.90. The normalized spacial score (nSPS) is 11.4. The van der Waals surface area contributed by atoms with Gasteiger partial charge in [0.1, 0.15) is 18.3 Å². The summed E-state index contributed by atoms with van der Waals surface area (Å²) in [4.78, 5) is 54.0. The molecule has 0 aromatic rings. The van der Waals surface area contributed by atoms with Crippen LogP contribution in [-0.4, -0.2) is 132 Å². The van der Waals surface area contributed by atoms with Crippen LogP contribution < -0.4 is 11.3 Å². The van der Waals surface area contributed by atoms with Crippen molar-refractivity contribution in [3.8, 4) is 0 Å². The maximum absolute atomic E-state index is 9.41. The Kier molecular flexibility index (Phi) is 51.3. The largest absolute Gasteiger partial charge is 0.481 e. The van der Waals surface area contributed by atoms with Crippen molar-refractivity contribution in [2.75, 3.05) is 20.3 Å². The van der Waals surface area contributed by atoms with Crippen LogP contribution in [0.4, 0.5) is 0 Å². The SMILES string of the molecule is CC(=O)O.CC(=O)O.CC(=O)O.CC(=O)O.CC(=O)O.CC(=O)O.CO[C@@H]([C@H](O)[C@H](O)CO)[C@@H](O)CNN. The van der Waals surface area contributed by atoms with E-state index in [1.807, 2.05) is 0 Å². The number of carboxylic acids is 6. The zero-order valence-corrected chi connectivity index (χ0v) is 22.1. The first-order chi connectivity index (χ1) is 17.0. The summed E-state index contributed by atoms with van der Waals surface area (Å²) in [6, 6.07) is 0. The van der Waals surface area contributed by atoms with Crippen LogP contribution in [0, 0.1) is 0 Å². The third-order valence-electron chi connectivity index (χ3n) is 1.90. The average molecular weight is 571 g/mol. The predicted octanol–water partition coefficient (Wildman–Crippen LogP) is -2.91. The molecule has 0 rings (SSSR count). The van der Waals surface area contributed by atoms with Gasteiger partial charge in [-0.3, -0.25) is 40.0 Å². The first kappa shape index (κ1) is 51.2. The van der Waals surface area contributed by atoms with Crippen LogP contribution in [0.3, 0.4) is 0 Å². The van der Waals surface area contributed by atoms with E-state index in [9.17, 15) is 10.2 Å². The van der Waals surface area contributed by atoms with Crippen molar-refractivity contribution >= 4 is 35.8 Å². The van der Waals surface area contributed by atoms with Crippen molar-refractivity contribution < 1.29 is 84.6 Å². The molecule has 0 bridgehead atoms. The van der Waals surface area contributed by atoms with Crippen LogP contribution in [0.1, 0.15) is 41.5 Å². The molecule has 38 heavy (non-hydrogen) atoms. The molecule has 0 radical (unpaired) electrons. The monoisotopic (exact) mass is 570 g/mol. The van der Waals surface area contributed by atoms with Crippen LogP contribution in [-0.2, 0) is 33.5 Å². The summed E-state index contributed by atoms with van der Waals surface area (Å²) in [7, 11) is 1.28. The lowest BCUT2D eigenvalue weighted by atomic mass is 10.0. The van der Waals surface area contributed by atoms with Crippen molar-refractivity contribution in [1.82, 2.24) is 5.43 Å². The van der Waals surface area contributed by atoms with Crippen LogP contribution in [0.15, 0.2) is 0 Å². The Morgan fingerprint density at radius 3 is 0.974 bits per heavy atom. The second-order valence-electron chi connectivity index (χ2n) is 6.03. The van der Waals surface area contributed by atoms with Gasteiger partial charge < -0.3 is 55.8 Å². The zero-order valence-electron chi connectivity index (χ0n) is 22.1.